The maximum Gasteiger partial charge on any atom is 0.511 e. The predicted molar refractivity (Wildman–Crippen MR) is 102 cm³/mol. The van der Waals surface area contributed by atoms with Crippen molar-refractivity contribution in [3.8, 4) is 11.5 Å². The third kappa shape index (κ3) is 4.58. The van der Waals surface area contributed by atoms with Crippen molar-refractivity contribution in [2.75, 3.05) is 18.9 Å². The lowest BCUT2D eigenvalue weighted by Gasteiger charge is -2.24. The molecule has 1 aromatic carbocycles. The molecule has 0 unspecified atom stereocenters. The van der Waals surface area contributed by atoms with Gasteiger partial charge in [0, 0.05) is 6.54 Å². The van der Waals surface area contributed by atoms with Gasteiger partial charge in [-0.1, -0.05) is 13.0 Å². The number of ether oxygens (including phenoxy) is 2. The molecule has 146 valence electrons. The lowest BCUT2D eigenvalue weighted by molar-refractivity contribution is -0.130. The molecule has 8 heteroatoms. The first-order valence-corrected chi connectivity index (χ1v) is 8.68. The maximum atomic E-state index is 12.3. The average molecular weight is 375 g/mol. The molecule has 1 amide bonds. The standard InChI is InChI=1S/C19H25N3O5/c1-5-9-21-17(23)19(3,4)10-26-13-8-6-7-12-14(13)15(20)16(11(2)22-12)27-18(24)25/h6-8H,5,9-10H2,1-4H3,(H2,20,22)(H,21,23)(H,24,25). The molecule has 0 fully saturated rings. The smallest absolute Gasteiger partial charge is 0.492 e. The number of hydrogen-bond donors (Lipinski definition) is 3. The van der Waals surface area contributed by atoms with E-state index < -0.39 is 11.6 Å². The maximum absolute atomic E-state index is 12.3. The third-order valence-electron chi connectivity index (χ3n) is 4.06. The van der Waals surface area contributed by atoms with E-state index >= 15 is 0 Å². The van der Waals surface area contributed by atoms with E-state index in [1.54, 1.807) is 39.0 Å². The molecule has 0 saturated carbocycles. The molecule has 4 N–H and O–H groups in total. The Kier molecular flexibility index (Phi) is 6.09. The van der Waals surface area contributed by atoms with E-state index in [-0.39, 0.29) is 24.0 Å². The van der Waals surface area contributed by atoms with E-state index in [4.69, 9.17) is 20.3 Å². The zero-order chi connectivity index (χ0) is 20.2. The summed E-state index contributed by atoms with van der Waals surface area (Å²) in [5, 5.41) is 12.2. The number of aryl methyl sites for hydroxylation is 1. The number of nitrogens with zero attached hydrogens (tertiary/aromatic N) is 1. The van der Waals surface area contributed by atoms with Crippen molar-refractivity contribution in [2.45, 2.75) is 34.1 Å². The number of nitrogen functional groups attached to an aromatic ring is 1. The van der Waals surface area contributed by atoms with Crippen LogP contribution in [0.5, 0.6) is 11.5 Å². The Morgan fingerprint density at radius 1 is 1.33 bits per heavy atom. The van der Waals surface area contributed by atoms with E-state index in [1.807, 2.05) is 6.92 Å². The van der Waals surface area contributed by atoms with Crippen LogP contribution in [0.15, 0.2) is 18.2 Å². The number of carboxylic acid groups (broad SMARTS) is 1. The van der Waals surface area contributed by atoms with Crippen molar-refractivity contribution < 1.29 is 24.2 Å². The molecule has 1 aromatic heterocycles. The molecule has 0 radical (unpaired) electrons. The van der Waals surface area contributed by atoms with Gasteiger partial charge in [0.1, 0.15) is 12.4 Å². The number of amides is 1. The molecule has 0 bridgehead atoms. The largest absolute Gasteiger partial charge is 0.511 e. The second-order valence-electron chi connectivity index (χ2n) is 6.89. The van der Waals surface area contributed by atoms with Crippen LogP contribution in [0.1, 0.15) is 32.9 Å². The van der Waals surface area contributed by atoms with Gasteiger partial charge in [-0.25, -0.2) is 9.78 Å². The molecular weight excluding hydrogens is 350 g/mol. The van der Waals surface area contributed by atoms with Crippen LogP contribution in [0.25, 0.3) is 10.9 Å². The predicted octanol–water partition coefficient (Wildman–Crippen LogP) is 3.11. The minimum Gasteiger partial charge on any atom is -0.492 e. The molecule has 2 rings (SSSR count). The number of aromatic nitrogens is 1. The van der Waals surface area contributed by atoms with Gasteiger partial charge in [-0.2, -0.15) is 0 Å². The first-order chi connectivity index (χ1) is 12.7. The van der Waals surface area contributed by atoms with Gasteiger partial charge in [-0.15, -0.1) is 0 Å². The highest BCUT2D eigenvalue weighted by molar-refractivity contribution is 5.99. The van der Waals surface area contributed by atoms with E-state index in [1.165, 1.54) is 0 Å². The Labute approximate surface area is 157 Å². The van der Waals surface area contributed by atoms with Gasteiger partial charge >= 0.3 is 6.16 Å². The van der Waals surface area contributed by atoms with Crippen molar-refractivity contribution in [2.24, 2.45) is 5.41 Å². The molecule has 0 saturated heterocycles. The van der Waals surface area contributed by atoms with E-state index in [9.17, 15) is 9.59 Å². The number of anilines is 1. The lowest BCUT2D eigenvalue weighted by atomic mass is 9.93. The first kappa shape index (κ1) is 20.3. The van der Waals surface area contributed by atoms with Gasteiger partial charge in [-0.3, -0.25) is 4.79 Å². The number of benzene rings is 1. The van der Waals surface area contributed by atoms with Crippen LogP contribution in [-0.2, 0) is 4.79 Å². The summed E-state index contributed by atoms with van der Waals surface area (Å²) in [5.74, 6) is 0.275. The Morgan fingerprint density at radius 3 is 2.67 bits per heavy atom. The summed E-state index contributed by atoms with van der Waals surface area (Å²) in [7, 11) is 0. The number of hydrogen-bond acceptors (Lipinski definition) is 6. The van der Waals surface area contributed by atoms with Crippen LogP contribution in [0.4, 0.5) is 10.5 Å². The molecule has 0 atom stereocenters. The molecule has 8 nitrogen and oxygen atoms in total. The summed E-state index contributed by atoms with van der Waals surface area (Å²) in [6.07, 6.45) is -0.627. The summed E-state index contributed by atoms with van der Waals surface area (Å²) < 4.78 is 10.7. The molecule has 0 aliphatic heterocycles. The van der Waals surface area contributed by atoms with Gasteiger partial charge in [0.15, 0.2) is 5.75 Å². The Balaban J connectivity index is 2.36. The number of carbonyl (C=O) groups excluding carboxylic acids is 1. The van der Waals surface area contributed by atoms with Crippen molar-refractivity contribution >= 4 is 28.7 Å². The molecule has 1 heterocycles. The molecule has 0 aliphatic rings. The normalized spacial score (nSPS) is 11.3. The fourth-order valence-corrected chi connectivity index (χ4v) is 2.56. The van der Waals surface area contributed by atoms with E-state index in [0.717, 1.165) is 6.42 Å². The highest BCUT2D eigenvalue weighted by Crippen LogP contribution is 2.38. The van der Waals surface area contributed by atoms with Gasteiger partial charge in [0.25, 0.3) is 0 Å². The van der Waals surface area contributed by atoms with Gasteiger partial charge in [0.05, 0.1) is 27.7 Å². The van der Waals surface area contributed by atoms with Crippen LogP contribution in [0.3, 0.4) is 0 Å². The van der Waals surface area contributed by atoms with Gasteiger partial charge in [0.2, 0.25) is 5.91 Å². The number of carbonyl (C=O) groups is 2. The number of nitrogens with two attached hydrogens (primary N) is 1. The molecule has 27 heavy (non-hydrogen) atoms. The highest BCUT2D eigenvalue weighted by Gasteiger charge is 2.29. The van der Waals surface area contributed by atoms with Gasteiger partial charge in [-0.05, 0) is 39.3 Å². The Morgan fingerprint density at radius 2 is 2.04 bits per heavy atom. The Bertz CT molecular complexity index is 864. The van der Waals surface area contributed by atoms with Crippen LogP contribution in [0, 0.1) is 12.3 Å². The SMILES string of the molecule is CCCNC(=O)C(C)(C)COc1cccc2nc(C)c(OC(=O)O)c(N)c12. The zero-order valence-corrected chi connectivity index (χ0v) is 16.0. The summed E-state index contributed by atoms with van der Waals surface area (Å²) in [5.41, 5.74) is 6.42. The highest BCUT2D eigenvalue weighted by atomic mass is 16.7. The minimum atomic E-state index is -1.47. The lowest BCUT2D eigenvalue weighted by Crippen LogP contribution is -2.41. The molecule has 2 aromatic rings. The quantitative estimate of drug-likeness (QED) is 0.635. The average Bonchev–Trinajstić information content (AvgIpc) is 2.60. The summed E-state index contributed by atoms with van der Waals surface area (Å²) in [6, 6.07) is 5.20. The van der Waals surface area contributed by atoms with Crippen molar-refractivity contribution in [1.29, 1.82) is 0 Å². The van der Waals surface area contributed by atoms with Crippen molar-refractivity contribution in [1.82, 2.24) is 10.3 Å². The second-order valence-corrected chi connectivity index (χ2v) is 6.89. The van der Waals surface area contributed by atoms with E-state index in [0.29, 0.717) is 28.9 Å². The zero-order valence-electron chi connectivity index (χ0n) is 16.0. The summed E-state index contributed by atoms with van der Waals surface area (Å²) in [6.45, 7) is 7.88. The van der Waals surface area contributed by atoms with Gasteiger partial charge < -0.3 is 25.6 Å². The second kappa shape index (κ2) is 8.11. The fraction of sp³-hybridized carbons (Fsp3) is 0.421. The number of pyridine rings is 1. The van der Waals surface area contributed by atoms with Crippen LogP contribution in [-0.4, -0.2) is 35.3 Å². The number of rotatable bonds is 7. The minimum absolute atomic E-state index is 0.0222. The Hall–Kier alpha value is -3.03. The van der Waals surface area contributed by atoms with Crippen LogP contribution >= 0.6 is 0 Å². The number of fused-ring (bicyclic) bond motifs is 1. The summed E-state index contributed by atoms with van der Waals surface area (Å²) >= 11 is 0. The number of nitrogens with one attached hydrogen (secondary N) is 1. The fourth-order valence-electron chi connectivity index (χ4n) is 2.56. The molecular formula is C19H25N3O5. The van der Waals surface area contributed by atoms with Crippen molar-refractivity contribution in [3.63, 3.8) is 0 Å². The topological polar surface area (TPSA) is 124 Å². The van der Waals surface area contributed by atoms with Crippen LogP contribution < -0.4 is 20.5 Å². The van der Waals surface area contributed by atoms with Crippen LogP contribution in [0.2, 0.25) is 0 Å². The molecule has 0 spiro atoms. The third-order valence-corrected chi connectivity index (χ3v) is 4.06. The summed E-state index contributed by atoms with van der Waals surface area (Å²) in [4.78, 5) is 27.6. The van der Waals surface area contributed by atoms with Crippen molar-refractivity contribution in [3.05, 3.63) is 23.9 Å². The molecule has 0 aliphatic carbocycles. The first-order valence-electron chi connectivity index (χ1n) is 8.68. The van der Waals surface area contributed by atoms with E-state index in [2.05, 4.69) is 10.3 Å². The monoisotopic (exact) mass is 375 g/mol.